The van der Waals surface area contributed by atoms with Crippen molar-refractivity contribution in [1.29, 1.82) is 0 Å². The smallest absolute Gasteiger partial charge is 0.146 e. The molecule has 2 aromatic carbocycles. The Morgan fingerprint density at radius 2 is 1.95 bits per heavy atom. The summed E-state index contributed by atoms with van der Waals surface area (Å²) in [6.45, 7) is 2.14. The third-order valence-corrected chi connectivity index (χ3v) is 3.95. The monoisotopic (exact) mass is 353 g/mol. The van der Waals surface area contributed by atoms with Crippen molar-refractivity contribution in [3.63, 3.8) is 0 Å². The van der Waals surface area contributed by atoms with E-state index >= 15 is 0 Å². The van der Waals surface area contributed by atoms with Crippen molar-refractivity contribution in [3.8, 4) is 11.5 Å². The van der Waals surface area contributed by atoms with Gasteiger partial charge in [0.15, 0.2) is 0 Å². The van der Waals surface area contributed by atoms with Crippen LogP contribution in [0.4, 0.5) is 0 Å². The minimum Gasteiger partial charge on any atom is -0.455 e. The van der Waals surface area contributed by atoms with Crippen LogP contribution in [0.3, 0.4) is 0 Å². The quantitative estimate of drug-likeness (QED) is 0.758. The number of hydrogen-bond acceptors (Lipinski definition) is 2. The summed E-state index contributed by atoms with van der Waals surface area (Å²) in [5, 5.41) is 3.89. The van der Waals surface area contributed by atoms with E-state index < -0.39 is 0 Å². The summed E-state index contributed by atoms with van der Waals surface area (Å²) in [6.07, 6.45) is 0.991. The van der Waals surface area contributed by atoms with Crippen molar-refractivity contribution in [2.45, 2.75) is 19.4 Å². The Morgan fingerprint density at radius 3 is 2.60 bits per heavy atom. The molecule has 20 heavy (non-hydrogen) atoms. The molecule has 0 aliphatic rings. The Hall–Kier alpha value is -1.03. The number of nitrogens with one attached hydrogen (secondary N) is 1. The van der Waals surface area contributed by atoms with Crippen molar-refractivity contribution in [2.75, 3.05) is 7.05 Å². The maximum absolute atomic E-state index is 6.21. The van der Waals surface area contributed by atoms with E-state index in [1.165, 1.54) is 0 Å². The van der Waals surface area contributed by atoms with Gasteiger partial charge in [0.25, 0.3) is 0 Å². The van der Waals surface area contributed by atoms with Gasteiger partial charge in [-0.05, 0) is 37.7 Å². The molecule has 106 valence electrons. The molecule has 0 heterocycles. The topological polar surface area (TPSA) is 21.3 Å². The first kappa shape index (κ1) is 15.4. The van der Waals surface area contributed by atoms with Crippen LogP contribution >= 0.6 is 27.5 Å². The van der Waals surface area contributed by atoms with Gasteiger partial charge in [-0.3, -0.25) is 0 Å². The summed E-state index contributed by atoms with van der Waals surface area (Å²) in [5.74, 6) is 1.49. The van der Waals surface area contributed by atoms with Gasteiger partial charge in [-0.15, -0.1) is 0 Å². The van der Waals surface area contributed by atoms with Crippen LogP contribution < -0.4 is 10.1 Å². The fourth-order valence-electron chi connectivity index (χ4n) is 2.12. The number of rotatable bonds is 5. The van der Waals surface area contributed by atoms with Gasteiger partial charge in [0.1, 0.15) is 11.5 Å². The van der Waals surface area contributed by atoms with Gasteiger partial charge in [0.2, 0.25) is 0 Å². The Balaban J connectivity index is 2.33. The van der Waals surface area contributed by atoms with E-state index in [0.29, 0.717) is 10.8 Å². The lowest BCUT2D eigenvalue weighted by molar-refractivity contribution is 0.459. The molecule has 0 saturated carbocycles. The minimum absolute atomic E-state index is 0.264. The zero-order valence-corrected chi connectivity index (χ0v) is 13.8. The first-order valence-electron chi connectivity index (χ1n) is 6.54. The molecule has 0 aliphatic carbocycles. The Morgan fingerprint density at radius 1 is 1.20 bits per heavy atom. The second kappa shape index (κ2) is 7.11. The minimum atomic E-state index is 0.264. The molecule has 0 aliphatic heterocycles. The van der Waals surface area contributed by atoms with E-state index in [2.05, 4.69) is 34.2 Å². The molecule has 1 N–H and O–H groups in total. The van der Waals surface area contributed by atoms with Crippen molar-refractivity contribution in [3.05, 3.63) is 57.5 Å². The zero-order valence-electron chi connectivity index (χ0n) is 11.5. The molecule has 0 aromatic heterocycles. The molecule has 0 spiro atoms. The molecule has 1 unspecified atom stereocenters. The molecule has 0 fully saturated rings. The maximum Gasteiger partial charge on any atom is 0.146 e. The summed E-state index contributed by atoms with van der Waals surface area (Å²) < 4.78 is 6.92. The Bertz CT molecular complexity index is 584. The van der Waals surface area contributed by atoms with E-state index in [-0.39, 0.29) is 6.04 Å². The van der Waals surface area contributed by atoms with Gasteiger partial charge < -0.3 is 10.1 Å². The average Bonchev–Trinajstić information content (AvgIpc) is 2.45. The fraction of sp³-hybridized carbons (Fsp3) is 0.250. The van der Waals surface area contributed by atoms with Gasteiger partial charge in [0, 0.05) is 16.1 Å². The maximum atomic E-state index is 6.21. The van der Waals surface area contributed by atoms with Crippen molar-refractivity contribution < 1.29 is 4.74 Å². The highest BCUT2D eigenvalue weighted by atomic mass is 79.9. The van der Waals surface area contributed by atoms with Crippen LogP contribution in [0.15, 0.2) is 46.9 Å². The predicted octanol–water partition coefficient (Wildman–Crippen LogP) is 5.57. The molecular weight excluding hydrogens is 338 g/mol. The van der Waals surface area contributed by atoms with Crippen LogP contribution in [-0.4, -0.2) is 7.05 Å². The number of halogens is 2. The SMILES string of the molecule is CCC(NC)c1ccccc1Oc1ccc(Br)cc1Cl. The fourth-order valence-corrected chi connectivity index (χ4v) is 2.83. The van der Waals surface area contributed by atoms with Crippen LogP contribution in [0.1, 0.15) is 24.9 Å². The number of benzene rings is 2. The van der Waals surface area contributed by atoms with Crippen LogP contribution in [-0.2, 0) is 0 Å². The number of ether oxygens (including phenoxy) is 1. The number of hydrogen-bond donors (Lipinski definition) is 1. The molecule has 2 aromatic rings. The molecule has 2 rings (SSSR count). The zero-order chi connectivity index (χ0) is 14.5. The molecular formula is C16H17BrClNO. The van der Waals surface area contributed by atoms with Crippen molar-refractivity contribution in [1.82, 2.24) is 5.32 Å². The normalized spacial score (nSPS) is 12.2. The second-order valence-corrected chi connectivity index (χ2v) is 5.79. The summed E-state index contributed by atoms with van der Waals surface area (Å²) in [7, 11) is 1.96. The molecule has 1 atom stereocenters. The van der Waals surface area contributed by atoms with Gasteiger partial charge in [-0.2, -0.15) is 0 Å². The highest BCUT2D eigenvalue weighted by Gasteiger charge is 2.13. The summed E-state index contributed by atoms with van der Waals surface area (Å²) in [4.78, 5) is 0. The van der Waals surface area contributed by atoms with Crippen molar-refractivity contribution in [2.24, 2.45) is 0 Å². The van der Waals surface area contributed by atoms with E-state index in [1.54, 1.807) is 0 Å². The highest BCUT2D eigenvalue weighted by molar-refractivity contribution is 9.10. The Labute approximate surface area is 133 Å². The van der Waals surface area contributed by atoms with Crippen LogP contribution in [0.2, 0.25) is 5.02 Å². The lowest BCUT2D eigenvalue weighted by atomic mass is 10.0. The second-order valence-electron chi connectivity index (χ2n) is 4.46. The summed E-state index contributed by atoms with van der Waals surface area (Å²) in [5.41, 5.74) is 1.14. The summed E-state index contributed by atoms with van der Waals surface area (Å²) >= 11 is 9.60. The standard InChI is InChI=1S/C16H17BrClNO/c1-3-14(19-2)12-6-4-5-7-15(12)20-16-9-8-11(17)10-13(16)18/h4-10,14,19H,3H2,1-2H3. The van der Waals surface area contributed by atoms with Crippen LogP contribution in [0.25, 0.3) is 0 Å². The third kappa shape index (κ3) is 3.54. The predicted molar refractivity (Wildman–Crippen MR) is 87.8 cm³/mol. The van der Waals surface area contributed by atoms with Gasteiger partial charge in [0.05, 0.1) is 5.02 Å². The van der Waals surface area contributed by atoms with Crippen LogP contribution in [0, 0.1) is 0 Å². The van der Waals surface area contributed by atoms with E-state index in [0.717, 1.165) is 22.2 Å². The average molecular weight is 355 g/mol. The number of para-hydroxylation sites is 1. The third-order valence-electron chi connectivity index (χ3n) is 3.16. The largest absolute Gasteiger partial charge is 0.455 e. The Kier molecular flexibility index (Phi) is 5.46. The lowest BCUT2D eigenvalue weighted by Gasteiger charge is -2.19. The van der Waals surface area contributed by atoms with E-state index in [9.17, 15) is 0 Å². The van der Waals surface area contributed by atoms with E-state index in [4.69, 9.17) is 16.3 Å². The molecule has 0 saturated heterocycles. The molecule has 2 nitrogen and oxygen atoms in total. The molecule has 0 bridgehead atoms. The van der Waals surface area contributed by atoms with Crippen LogP contribution in [0.5, 0.6) is 11.5 Å². The molecule has 4 heteroatoms. The molecule has 0 amide bonds. The first-order valence-corrected chi connectivity index (χ1v) is 7.72. The highest BCUT2D eigenvalue weighted by Crippen LogP contribution is 2.35. The first-order chi connectivity index (χ1) is 9.65. The van der Waals surface area contributed by atoms with Crippen molar-refractivity contribution >= 4 is 27.5 Å². The molecule has 0 radical (unpaired) electrons. The lowest BCUT2D eigenvalue weighted by Crippen LogP contribution is -2.15. The van der Waals surface area contributed by atoms with Gasteiger partial charge >= 0.3 is 0 Å². The van der Waals surface area contributed by atoms with Gasteiger partial charge in [-0.25, -0.2) is 0 Å². The van der Waals surface area contributed by atoms with E-state index in [1.807, 2.05) is 43.4 Å². The summed E-state index contributed by atoms with van der Waals surface area (Å²) in [6, 6.07) is 13.9. The van der Waals surface area contributed by atoms with Gasteiger partial charge in [-0.1, -0.05) is 52.7 Å².